The molecule has 0 amide bonds. The summed E-state index contributed by atoms with van der Waals surface area (Å²) in [6, 6.07) is 8.22. The monoisotopic (exact) mass is 460 g/mol. The normalized spacial score (nSPS) is 11.1. The Kier molecular flexibility index (Phi) is 8.33. The zero-order valence-electron chi connectivity index (χ0n) is 16.2. The van der Waals surface area contributed by atoms with Gasteiger partial charge in [0.25, 0.3) is 0 Å². The molecule has 0 fully saturated rings. The van der Waals surface area contributed by atoms with E-state index in [9.17, 15) is 28.0 Å². The molecule has 1 aromatic heterocycles. The van der Waals surface area contributed by atoms with Crippen molar-refractivity contribution in [3.8, 4) is 34.3 Å². The van der Waals surface area contributed by atoms with Gasteiger partial charge in [-0.05, 0) is 24.6 Å². The van der Waals surface area contributed by atoms with E-state index >= 15 is 0 Å². The molecule has 0 saturated heterocycles. The molecule has 2 aromatic carbocycles. The summed E-state index contributed by atoms with van der Waals surface area (Å²) >= 11 is 0. The molecule has 0 bridgehead atoms. The van der Waals surface area contributed by atoms with Crippen molar-refractivity contribution < 1.29 is 88.5 Å². The quantitative estimate of drug-likeness (QED) is 0.263. The van der Waals surface area contributed by atoms with Gasteiger partial charge in [0.15, 0.2) is 16.9 Å². The van der Waals surface area contributed by atoms with Gasteiger partial charge in [0.1, 0.15) is 28.2 Å². The van der Waals surface area contributed by atoms with Gasteiger partial charge in [-0.1, -0.05) is 0 Å². The molecule has 9 nitrogen and oxygen atoms in total. The predicted molar refractivity (Wildman–Crippen MR) is 102 cm³/mol. The van der Waals surface area contributed by atoms with Crippen LogP contribution in [0.3, 0.4) is 0 Å². The zero-order chi connectivity index (χ0) is 21.2. The number of phenolic OH excluding ortho intramolecular Hbond substituents is 2. The van der Waals surface area contributed by atoms with E-state index < -0.39 is 21.3 Å². The van der Waals surface area contributed by atoms with Gasteiger partial charge in [0, 0.05) is 29.5 Å². The molecule has 3 aromatic rings. The number of fused-ring (bicyclic) bond motifs is 1. The zero-order valence-corrected chi connectivity index (χ0v) is 20.2. The van der Waals surface area contributed by atoms with E-state index in [2.05, 4.69) is 0 Å². The van der Waals surface area contributed by atoms with Crippen LogP contribution in [0.4, 0.5) is 0 Å². The minimum absolute atomic E-state index is 0. The molecule has 0 atom stereocenters. The van der Waals surface area contributed by atoms with Gasteiger partial charge in [-0.3, -0.25) is 4.79 Å². The van der Waals surface area contributed by atoms with E-state index in [0.717, 1.165) is 0 Å². The standard InChI is InChI=1S/C19H18O9S.K/c1-26-16-4-3-11(7-13(16)20)17-10-15(22)19-14(21)8-12(9-18(19)28-17)27-5-2-6-29(23,24)25;/h3-4,7-10,20-21H,2,5-6H2,1H3,(H,23,24,25);/q;+1/p-1. The van der Waals surface area contributed by atoms with Crippen molar-refractivity contribution in [3.05, 3.63) is 46.6 Å². The molecular weight excluding hydrogens is 443 g/mol. The van der Waals surface area contributed by atoms with Gasteiger partial charge in [0.2, 0.25) is 0 Å². The van der Waals surface area contributed by atoms with Crippen LogP contribution in [-0.2, 0) is 10.1 Å². The average molecular weight is 461 g/mol. The van der Waals surface area contributed by atoms with E-state index in [1.165, 1.54) is 37.4 Å². The van der Waals surface area contributed by atoms with Crippen LogP contribution >= 0.6 is 0 Å². The SMILES string of the molecule is COc1ccc(-c2cc(=O)c3c(O)cc(OCCCS(=O)(=O)[O-])cc3o2)cc1O.[K+]. The second-order valence-corrected chi connectivity index (χ2v) is 7.66. The Labute approximate surface area is 214 Å². The maximum Gasteiger partial charge on any atom is 1.00 e. The number of hydrogen-bond donors (Lipinski definition) is 2. The Morgan fingerprint density at radius 3 is 2.47 bits per heavy atom. The van der Waals surface area contributed by atoms with Crippen LogP contribution in [0.15, 0.2) is 45.6 Å². The van der Waals surface area contributed by atoms with Gasteiger partial charge in [-0.15, -0.1) is 0 Å². The molecule has 0 aliphatic heterocycles. The molecule has 0 aliphatic carbocycles. The summed E-state index contributed by atoms with van der Waals surface area (Å²) < 4.78 is 47.9. The Morgan fingerprint density at radius 1 is 1.10 bits per heavy atom. The third kappa shape index (κ3) is 5.97. The van der Waals surface area contributed by atoms with Crippen LogP contribution in [0.1, 0.15) is 6.42 Å². The third-order valence-corrected chi connectivity index (χ3v) is 4.84. The van der Waals surface area contributed by atoms with E-state index in [1.807, 2.05) is 0 Å². The number of phenols is 2. The number of aromatic hydroxyl groups is 2. The van der Waals surface area contributed by atoms with E-state index in [4.69, 9.17) is 13.9 Å². The van der Waals surface area contributed by atoms with Crippen LogP contribution in [-0.4, -0.2) is 42.7 Å². The fraction of sp³-hybridized carbons (Fsp3) is 0.211. The van der Waals surface area contributed by atoms with Gasteiger partial charge in [-0.2, -0.15) is 0 Å². The molecule has 3 rings (SSSR count). The van der Waals surface area contributed by atoms with Crippen LogP contribution < -0.4 is 66.3 Å². The first kappa shape index (κ1) is 24.7. The van der Waals surface area contributed by atoms with E-state index in [1.54, 1.807) is 6.07 Å². The fourth-order valence-electron chi connectivity index (χ4n) is 2.74. The molecular formula is C19H17KO9S. The molecule has 2 N–H and O–H groups in total. The van der Waals surface area contributed by atoms with Crippen molar-refractivity contribution in [1.29, 1.82) is 0 Å². The third-order valence-electron chi connectivity index (χ3n) is 4.05. The molecule has 0 saturated carbocycles. The van der Waals surface area contributed by atoms with Crippen LogP contribution in [0.5, 0.6) is 23.0 Å². The first-order valence-corrected chi connectivity index (χ1v) is 10.0. The fourth-order valence-corrected chi connectivity index (χ4v) is 3.21. The van der Waals surface area contributed by atoms with Crippen LogP contribution in [0.2, 0.25) is 0 Å². The maximum absolute atomic E-state index is 12.4. The number of hydrogen-bond acceptors (Lipinski definition) is 9. The van der Waals surface area contributed by atoms with Gasteiger partial charge in [-0.25, -0.2) is 8.42 Å². The van der Waals surface area contributed by atoms with Crippen LogP contribution in [0.25, 0.3) is 22.3 Å². The average Bonchev–Trinajstić information content (AvgIpc) is 2.63. The number of benzene rings is 2. The molecule has 0 spiro atoms. The van der Waals surface area contributed by atoms with Gasteiger partial charge in [0.05, 0.1) is 23.8 Å². The minimum atomic E-state index is -4.34. The van der Waals surface area contributed by atoms with Crippen molar-refractivity contribution in [3.63, 3.8) is 0 Å². The summed E-state index contributed by atoms with van der Waals surface area (Å²) in [4.78, 5) is 12.4. The Balaban J connectivity index is 0.00000320. The van der Waals surface area contributed by atoms with Crippen molar-refractivity contribution in [2.75, 3.05) is 19.5 Å². The second kappa shape index (κ2) is 10.1. The summed E-state index contributed by atoms with van der Waals surface area (Å²) in [6.07, 6.45) is -0.0280. The molecule has 0 unspecified atom stereocenters. The van der Waals surface area contributed by atoms with Gasteiger partial charge >= 0.3 is 51.4 Å². The van der Waals surface area contributed by atoms with E-state index in [-0.39, 0.29) is 104 Å². The number of ether oxygens (including phenoxy) is 2. The number of methoxy groups -OCH3 is 1. The number of rotatable bonds is 7. The van der Waals surface area contributed by atoms with E-state index in [0.29, 0.717) is 5.56 Å². The summed E-state index contributed by atoms with van der Waals surface area (Å²) in [7, 11) is -2.94. The Bertz CT molecular complexity index is 1220. The van der Waals surface area contributed by atoms with Crippen molar-refractivity contribution in [2.24, 2.45) is 0 Å². The Hall–Kier alpha value is -1.60. The molecule has 154 valence electrons. The predicted octanol–water partition coefficient (Wildman–Crippen LogP) is -0.802. The minimum Gasteiger partial charge on any atom is -0.748 e. The largest absolute Gasteiger partial charge is 1.00 e. The summed E-state index contributed by atoms with van der Waals surface area (Å²) in [5.74, 6) is -0.545. The summed E-state index contributed by atoms with van der Waals surface area (Å²) in [5, 5.41) is 20.0. The smallest absolute Gasteiger partial charge is 0.748 e. The van der Waals surface area contributed by atoms with Gasteiger partial charge < -0.3 is 28.7 Å². The van der Waals surface area contributed by atoms with Crippen molar-refractivity contribution >= 4 is 21.1 Å². The van der Waals surface area contributed by atoms with Crippen molar-refractivity contribution in [2.45, 2.75) is 6.42 Å². The topological polar surface area (TPSA) is 146 Å². The molecule has 0 aliphatic rings. The summed E-state index contributed by atoms with van der Waals surface area (Å²) in [6.45, 7) is -0.0807. The Morgan fingerprint density at radius 2 is 1.83 bits per heavy atom. The molecule has 30 heavy (non-hydrogen) atoms. The molecule has 1 heterocycles. The molecule has 0 radical (unpaired) electrons. The first-order valence-electron chi connectivity index (χ1n) is 8.42. The molecule has 11 heteroatoms. The van der Waals surface area contributed by atoms with Crippen LogP contribution in [0, 0.1) is 0 Å². The first-order chi connectivity index (χ1) is 13.7. The second-order valence-electron chi connectivity index (χ2n) is 6.14. The van der Waals surface area contributed by atoms with Crippen molar-refractivity contribution in [1.82, 2.24) is 0 Å². The summed E-state index contributed by atoms with van der Waals surface area (Å²) in [5.41, 5.74) is -0.0546. The maximum atomic E-state index is 12.4.